The Morgan fingerprint density at radius 3 is 1.89 bits per heavy atom. The molecule has 1 saturated heterocycles. The first kappa shape index (κ1) is 20.1. The van der Waals surface area contributed by atoms with E-state index in [9.17, 15) is 9.59 Å². The van der Waals surface area contributed by atoms with Gasteiger partial charge in [0.05, 0.1) is 11.0 Å². The largest absolute Gasteiger partial charge is 0.337 e. The predicted molar refractivity (Wildman–Crippen MR) is 109 cm³/mol. The Bertz CT molecular complexity index is 782. The highest BCUT2D eigenvalue weighted by Gasteiger charge is 2.53. The molecule has 148 valence electrons. The van der Waals surface area contributed by atoms with Crippen molar-refractivity contribution in [2.75, 3.05) is 0 Å². The Hall–Kier alpha value is -2.62. The molecule has 1 fully saturated rings. The van der Waals surface area contributed by atoms with Crippen LogP contribution in [0.25, 0.3) is 0 Å². The average Bonchev–Trinajstić information content (AvgIpc) is 2.86. The van der Waals surface area contributed by atoms with E-state index < -0.39 is 11.0 Å². The molecule has 0 saturated carbocycles. The van der Waals surface area contributed by atoms with Gasteiger partial charge in [-0.15, -0.1) is 0 Å². The molecule has 1 atom stereocenters. The number of hydrogen-bond donors (Lipinski definition) is 0. The maximum Gasteiger partial charge on any atom is 0.337 e. The summed E-state index contributed by atoms with van der Waals surface area (Å²) in [6.07, 6.45) is 1.64. The van der Waals surface area contributed by atoms with Crippen molar-refractivity contribution in [2.45, 2.75) is 52.5 Å². The van der Waals surface area contributed by atoms with Gasteiger partial charge in [-0.3, -0.25) is 4.79 Å². The summed E-state index contributed by atoms with van der Waals surface area (Å²) in [4.78, 5) is 31.3. The van der Waals surface area contributed by atoms with Crippen LogP contribution < -0.4 is 0 Å². The summed E-state index contributed by atoms with van der Waals surface area (Å²) in [6.45, 7) is 7.48. The molecule has 4 nitrogen and oxygen atoms in total. The quantitative estimate of drug-likeness (QED) is 0.764. The van der Waals surface area contributed by atoms with Crippen molar-refractivity contribution in [1.82, 2.24) is 5.06 Å². The lowest BCUT2D eigenvalue weighted by molar-refractivity contribution is -0.223. The molecular weight excluding hydrogens is 350 g/mol. The standard InChI is InChI=1S/C24H29NO3/c1-18-15-21(26)25(28-22(27)23(2,3)4)24(18,16-19-11-7-5-8-12-19)17-20-13-9-6-10-14-20/h5-14,18H,15-17H2,1-4H3. The molecule has 0 radical (unpaired) electrons. The van der Waals surface area contributed by atoms with Crippen molar-refractivity contribution >= 4 is 11.9 Å². The van der Waals surface area contributed by atoms with Gasteiger partial charge in [0.25, 0.3) is 5.91 Å². The summed E-state index contributed by atoms with van der Waals surface area (Å²) >= 11 is 0. The van der Waals surface area contributed by atoms with Gasteiger partial charge in [-0.2, -0.15) is 5.06 Å². The van der Waals surface area contributed by atoms with Crippen molar-refractivity contribution in [1.29, 1.82) is 0 Å². The average molecular weight is 380 g/mol. The minimum Gasteiger partial charge on any atom is -0.337 e. The number of nitrogens with zero attached hydrogens (tertiary/aromatic N) is 1. The van der Waals surface area contributed by atoms with Crippen LogP contribution in [0, 0.1) is 11.3 Å². The molecule has 1 amide bonds. The zero-order valence-corrected chi connectivity index (χ0v) is 17.1. The van der Waals surface area contributed by atoms with Gasteiger partial charge in [-0.05, 0) is 50.7 Å². The third-order valence-electron chi connectivity index (χ3n) is 5.52. The van der Waals surface area contributed by atoms with Crippen LogP contribution >= 0.6 is 0 Å². The van der Waals surface area contributed by atoms with Crippen LogP contribution in [0.2, 0.25) is 0 Å². The molecule has 3 rings (SSSR count). The molecule has 0 bridgehead atoms. The Morgan fingerprint density at radius 1 is 1.00 bits per heavy atom. The molecule has 2 aromatic rings. The van der Waals surface area contributed by atoms with E-state index in [2.05, 4.69) is 31.2 Å². The number of carbonyl (C=O) groups excluding carboxylic acids is 2. The maximum atomic E-state index is 12.9. The van der Waals surface area contributed by atoms with Gasteiger partial charge in [-0.1, -0.05) is 67.6 Å². The van der Waals surface area contributed by atoms with Crippen molar-refractivity contribution in [3.05, 3.63) is 71.8 Å². The summed E-state index contributed by atoms with van der Waals surface area (Å²) in [5.74, 6) is -0.467. The fourth-order valence-corrected chi connectivity index (χ4v) is 3.80. The second kappa shape index (κ2) is 7.78. The van der Waals surface area contributed by atoms with Crippen LogP contribution in [0.15, 0.2) is 60.7 Å². The third kappa shape index (κ3) is 4.11. The first-order valence-corrected chi connectivity index (χ1v) is 9.86. The van der Waals surface area contributed by atoms with Gasteiger partial charge in [0.15, 0.2) is 0 Å². The van der Waals surface area contributed by atoms with Gasteiger partial charge in [0.1, 0.15) is 0 Å². The minimum absolute atomic E-state index is 0.0492. The number of amides is 1. The first-order valence-electron chi connectivity index (χ1n) is 9.86. The molecule has 0 aromatic heterocycles. The lowest BCUT2D eigenvalue weighted by atomic mass is 9.77. The van der Waals surface area contributed by atoms with Gasteiger partial charge < -0.3 is 4.84 Å². The Balaban J connectivity index is 2.02. The number of hydroxylamine groups is 2. The van der Waals surface area contributed by atoms with Crippen LogP contribution in [0.5, 0.6) is 0 Å². The highest BCUT2D eigenvalue weighted by atomic mass is 16.7. The molecule has 2 aromatic carbocycles. The van der Waals surface area contributed by atoms with Gasteiger partial charge in [0, 0.05) is 6.42 Å². The summed E-state index contributed by atoms with van der Waals surface area (Å²) in [6, 6.07) is 20.2. The predicted octanol–water partition coefficient (Wildman–Crippen LogP) is 4.58. The van der Waals surface area contributed by atoms with Gasteiger partial charge in [0.2, 0.25) is 0 Å². The minimum atomic E-state index is -0.683. The van der Waals surface area contributed by atoms with E-state index in [0.29, 0.717) is 19.3 Å². The maximum absolute atomic E-state index is 12.9. The smallest absolute Gasteiger partial charge is 0.337 e. The zero-order chi connectivity index (χ0) is 20.4. The molecular formula is C24H29NO3. The van der Waals surface area contributed by atoms with E-state index in [1.54, 1.807) is 20.8 Å². The number of carbonyl (C=O) groups is 2. The second-order valence-electron chi connectivity index (χ2n) is 8.85. The molecule has 0 spiro atoms. The second-order valence-corrected chi connectivity index (χ2v) is 8.85. The van der Waals surface area contributed by atoms with Crippen molar-refractivity contribution in [3.8, 4) is 0 Å². The van der Waals surface area contributed by atoms with E-state index >= 15 is 0 Å². The SMILES string of the molecule is CC1CC(=O)N(OC(=O)C(C)(C)C)C1(Cc1ccccc1)Cc1ccccc1. The van der Waals surface area contributed by atoms with E-state index in [-0.39, 0.29) is 17.8 Å². The Kier molecular flexibility index (Phi) is 5.59. The van der Waals surface area contributed by atoms with Crippen LogP contribution in [0.1, 0.15) is 45.2 Å². The van der Waals surface area contributed by atoms with Crippen LogP contribution in [0.3, 0.4) is 0 Å². The first-order chi connectivity index (χ1) is 13.2. The normalized spacial score (nSPS) is 18.9. The van der Waals surface area contributed by atoms with E-state index in [1.165, 1.54) is 5.06 Å². The van der Waals surface area contributed by atoms with E-state index in [1.807, 2.05) is 36.4 Å². The number of rotatable bonds is 5. The van der Waals surface area contributed by atoms with Crippen LogP contribution in [0.4, 0.5) is 0 Å². The molecule has 4 heteroatoms. The van der Waals surface area contributed by atoms with Crippen molar-refractivity contribution in [2.24, 2.45) is 11.3 Å². The number of benzene rings is 2. The van der Waals surface area contributed by atoms with Crippen LogP contribution in [-0.4, -0.2) is 22.5 Å². The molecule has 28 heavy (non-hydrogen) atoms. The Labute approximate surface area is 167 Å². The van der Waals surface area contributed by atoms with E-state index in [0.717, 1.165) is 11.1 Å². The van der Waals surface area contributed by atoms with E-state index in [4.69, 9.17) is 4.84 Å². The molecule has 1 aliphatic rings. The highest BCUT2D eigenvalue weighted by molar-refractivity contribution is 5.83. The highest BCUT2D eigenvalue weighted by Crippen LogP contribution is 2.42. The molecule has 0 N–H and O–H groups in total. The molecule has 1 aliphatic heterocycles. The molecule has 1 heterocycles. The topological polar surface area (TPSA) is 46.6 Å². The molecule has 0 aliphatic carbocycles. The van der Waals surface area contributed by atoms with Crippen LogP contribution in [-0.2, 0) is 27.3 Å². The summed E-state index contributed by atoms with van der Waals surface area (Å²) in [5, 5.41) is 1.39. The summed E-state index contributed by atoms with van der Waals surface area (Å²) in [7, 11) is 0. The lowest BCUT2D eigenvalue weighted by Gasteiger charge is -2.40. The Morgan fingerprint density at radius 2 is 1.46 bits per heavy atom. The fraction of sp³-hybridized carbons (Fsp3) is 0.417. The summed E-state index contributed by atoms with van der Waals surface area (Å²) in [5.41, 5.74) is 0.950. The van der Waals surface area contributed by atoms with Gasteiger partial charge >= 0.3 is 5.97 Å². The number of hydrogen-bond acceptors (Lipinski definition) is 3. The van der Waals surface area contributed by atoms with Crippen molar-refractivity contribution < 1.29 is 14.4 Å². The van der Waals surface area contributed by atoms with Crippen molar-refractivity contribution in [3.63, 3.8) is 0 Å². The molecule has 1 unspecified atom stereocenters. The fourth-order valence-electron chi connectivity index (χ4n) is 3.80. The lowest BCUT2D eigenvalue weighted by Crippen LogP contribution is -2.53. The van der Waals surface area contributed by atoms with Gasteiger partial charge in [-0.25, -0.2) is 4.79 Å². The summed E-state index contributed by atoms with van der Waals surface area (Å²) < 4.78 is 0. The third-order valence-corrected chi connectivity index (χ3v) is 5.52. The zero-order valence-electron chi connectivity index (χ0n) is 17.1. The monoisotopic (exact) mass is 379 g/mol.